The number of rotatable bonds is 3. The molecule has 0 N–H and O–H groups in total. The quantitative estimate of drug-likeness (QED) is 0.845. The second-order valence-corrected chi connectivity index (χ2v) is 6.78. The molecule has 0 aliphatic carbocycles. The van der Waals surface area contributed by atoms with Crippen molar-refractivity contribution in [3.8, 4) is 0 Å². The largest absolute Gasteiger partial charge is 0.329 e. The summed E-state index contributed by atoms with van der Waals surface area (Å²) in [5.74, 6) is -0.0902. The van der Waals surface area contributed by atoms with E-state index in [4.69, 9.17) is 11.6 Å². The van der Waals surface area contributed by atoms with Gasteiger partial charge in [-0.3, -0.25) is 9.59 Å². The van der Waals surface area contributed by atoms with Crippen LogP contribution in [0.25, 0.3) is 0 Å². The molecule has 1 fully saturated rings. The Morgan fingerprint density at radius 2 is 1.88 bits per heavy atom. The minimum Gasteiger partial charge on any atom is -0.329 e. The number of hydrogen-bond donors (Lipinski definition) is 0. The topological polar surface area (TPSA) is 40.6 Å². The number of aryl methyl sites for hydroxylation is 1. The standard InChI is InChI=1S/C20H21ClN2O2/c1-14-8-9-17(21)13-18(14)23-11-10-22(15(2)20(23)25)19(24)12-16-6-4-3-5-7-16/h3-9,13,15H,10-12H2,1-2H3/t15-/m1/s1. The summed E-state index contributed by atoms with van der Waals surface area (Å²) < 4.78 is 0. The van der Waals surface area contributed by atoms with Crippen LogP contribution < -0.4 is 4.90 Å². The molecule has 130 valence electrons. The van der Waals surface area contributed by atoms with E-state index in [0.717, 1.165) is 16.8 Å². The van der Waals surface area contributed by atoms with Crippen LogP contribution >= 0.6 is 11.6 Å². The average Bonchev–Trinajstić information content (AvgIpc) is 2.60. The van der Waals surface area contributed by atoms with Crippen LogP contribution in [0, 0.1) is 6.92 Å². The van der Waals surface area contributed by atoms with Gasteiger partial charge in [-0.05, 0) is 37.1 Å². The zero-order valence-electron chi connectivity index (χ0n) is 14.4. The molecule has 1 aliphatic heterocycles. The summed E-state index contributed by atoms with van der Waals surface area (Å²) in [7, 11) is 0. The van der Waals surface area contributed by atoms with Gasteiger partial charge in [0.1, 0.15) is 6.04 Å². The second-order valence-electron chi connectivity index (χ2n) is 6.35. The first kappa shape index (κ1) is 17.5. The molecule has 2 aromatic carbocycles. The Hall–Kier alpha value is -2.33. The maximum absolute atomic E-state index is 12.8. The van der Waals surface area contributed by atoms with Crippen molar-refractivity contribution in [1.29, 1.82) is 0 Å². The summed E-state index contributed by atoms with van der Waals surface area (Å²) in [5, 5.41) is 0.601. The monoisotopic (exact) mass is 356 g/mol. The molecule has 2 amide bonds. The molecule has 3 rings (SSSR count). The van der Waals surface area contributed by atoms with E-state index in [0.29, 0.717) is 24.5 Å². The Bertz CT molecular complexity index is 792. The number of nitrogens with zero attached hydrogens (tertiary/aromatic N) is 2. The lowest BCUT2D eigenvalue weighted by atomic mass is 10.1. The molecule has 1 heterocycles. The number of carbonyl (C=O) groups excluding carboxylic acids is 2. The fourth-order valence-electron chi connectivity index (χ4n) is 3.20. The normalized spacial score (nSPS) is 17.7. The van der Waals surface area contributed by atoms with Crippen LogP contribution in [0.3, 0.4) is 0 Å². The summed E-state index contributed by atoms with van der Waals surface area (Å²) in [5.41, 5.74) is 2.77. The summed E-state index contributed by atoms with van der Waals surface area (Å²) >= 11 is 6.09. The van der Waals surface area contributed by atoms with E-state index < -0.39 is 6.04 Å². The number of carbonyl (C=O) groups is 2. The molecule has 0 spiro atoms. The molecule has 5 heteroatoms. The average molecular weight is 357 g/mol. The first-order valence-electron chi connectivity index (χ1n) is 8.38. The Labute approximate surface area is 153 Å². The molecular formula is C20H21ClN2O2. The molecule has 0 unspecified atom stereocenters. The smallest absolute Gasteiger partial charge is 0.249 e. The van der Waals surface area contributed by atoms with Crippen LogP contribution in [0.1, 0.15) is 18.1 Å². The number of benzene rings is 2. The molecule has 0 saturated carbocycles. The Morgan fingerprint density at radius 1 is 1.16 bits per heavy atom. The summed E-state index contributed by atoms with van der Waals surface area (Å²) in [4.78, 5) is 28.9. The van der Waals surface area contributed by atoms with Crippen molar-refractivity contribution >= 4 is 29.1 Å². The zero-order chi connectivity index (χ0) is 18.0. The van der Waals surface area contributed by atoms with E-state index in [1.165, 1.54) is 0 Å². The highest BCUT2D eigenvalue weighted by Crippen LogP contribution is 2.27. The molecule has 25 heavy (non-hydrogen) atoms. The molecule has 2 aromatic rings. The Balaban J connectivity index is 1.75. The third kappa shape index (κ3) is 3.69. The molecule has 1 atom stereocenters. The molecule has 0 aromatic heterocycles. The van der Waals surface area contributed by atoms with Gasteiger partial charge < -0.3 is 9.80 Å². The van der Waals surface area contributed by atoms with E-state index in [1.807, 2.05) is 55.5 Å². The van der Waals surface area contributed by atoms with Gasteiger partial charge in [-0.1, -0.05) is 48.0 Å². The van der Waals surface area contributed by atoms with Gasteiger partial charge in [-0.15, -0.1) is 0 Å². The lowest BCUT2D eigenvalue weighted by Crippen LogP contribution is -2.58. The van der Waals surface area contributed by atoms with Crippen molar-refractivity contribution in [2.24, 2.45) is 0 Å². The molecule has 1 saturated heterocycles. The third-order valence-electron chi connectivity index (χ3n) is 4.64. The van der Waals surface area contributed by atoms with Crippen LogP contribution in [0.5, 0.6) is 0 Å². The van der Waals surface area contributed by atoms with Gasteiger partial charge in [0.2, 0.25) is 11.8 Å². The molecule has 1 aliphatic rings. The van der Waals surface area contributed by atoms with Gasteiger partial charge >= 0.3 is 0 Å². The van der Waals surface area contributed by atoms with Crippen molar-refractivity contribution in [2.45, 2.75) is 26.3 Å². The van der Waals surface area contributed by atoms with Crippen molar-refractivity contribution in [2.75, 3.05) is 18.0 Å². The van der Waals surface area contributed by atoms with Crippen LogP contribution in [0.15, 0.2) is 48.5 Å². The maximum atomic E-state index is 12.8. The SMILES string of the molecule is Cc1ccc(Cl)cc1N1CCN(C(=O)Cc2ccccc2)[C@H](C)C1=O. The number of halogens is 1. The van der Waals surface area contributed by atoms with E-state index in [2.05, 4.69) is 0 Å². The van der Waals surface area contributed by atoms with Gasteiger partial charge in [-0.2, -0.15) is 0 Å². The predicted octanol–water partition coefficient (Wildman–Crippen LogP) is 3.45. The van der Waals surface area contributed by atoms with Crippen molar-refractivity contribution in [3.05, 3.63) is 64.7 Å². The number of anilines is 1. The van der Waals surface area contributed by atoms with Gasteiger partial charge in [0, 0.05) is 23.8 Å². The maximum Gasteiger partial charge on any atom is 0.249 e. The van der Waals surface area contributed by atoms with Gasteiger partial charge in [-0.25, -0.2) is 0 Å². The predicted molar refractivity (Wildman–Crippen MR) is 99.9 cm³/mol. The highest BCUT2D eigenvalue weighted by molar-refractivity contribution is 6.31. The summed E-state index contributed by atoms with van der Waals surface area (Å²) in [6.45, 7) is 4.74. The van der Waals surface area contributed by atoms with Gasteiger partial charge in [0.05, 0.1) is 6.42 Å². The molecule has 0 bridgehead atoms. The van der Waals surface area contributed by atoms with Crippen molar-refractivity contribution in [3.63, 3.8) is 0 Å². The minimum absolute atomic E-state index is 0.0190. The number of hydrogen-bond acceptors (Lipinski definition) is 2. The van der Waals surface area contributed by atoms with Crippen molar-refractivity contribution in [1.82, 2.24) is 4.90 Å². The fourth-order valence-corrected chi connectivity index (χ4v) is 3.36. The summed E-state index contributed by atoms with van der Waals surface area (Å²) in [6, 6.07) is 14.6. The van der Waals surface area contributed by atoms with E-state index in [-0.39, 0.29) is 11.8 Å². The highest BCUT2D eigenvalue weighted by atomic mass is 35.5. The lowest BCUT2D eigenvalue weighted by molar-refractivity contribution is -0.140. The summed E-state index contributed by atoms with van der Waals surface area (Å²) in [6.07, 6.45) is 0.314. The lowest BCUT2D eigenvalue weighted by Gasteiger charge is -2.39. The minimum atomic E-state index is -0.483. The van der Waals surface area contributed by atoms with E-state index in [1.54, 1.807) is 16.7 Å². The fraction of sp³-hybridized carbons (Fsp3) is 0.300. The van der Waals surface area contributed by atoms with Crippen LogP contribution in [0.4, 0.5) is 5.69 Å². The van der Waals surface area contributed by atoms with Crippen LogP contribution in [0.2, 0.25) is 5.02 Å². The Kier molecular flexibility index (Phi) is 5.09. The highest BCUT2D eigenvalue weighted by Gasteiger charge is 2.35. The first-order valence-corrected chi connectivity index (χ1v) is 8.76. The number of amides is 2. The third-order valence-corrected chi connectivity index (χ3v) is 4.87. The van der Waals surface area contributed by atoms with Gasteiger partial charge in [0.15, 0.2) is 0 Å². The zero-order valence-corrected chi connectivity index (χ0v) is 15.2. The van der Waals surface area contributed by atoms with Crippen LogP contribution in [-0.4, -0.2) is 35.8 Å². The molecular weight excluding hydrogens is 336 g/mol. The molecule has 4 nitrogen and oxygen atoms in total. The van der Waals surface area contributed by atoms with Gasteiger partial charge in [0.25, 0.3) is 0 Å². The van der Waals surface area contributed by atoms with E-state index >= 15 is 0 Å². The number of piperazine rings is 1. The van der Waals surface area contributed by atoms with E-state index in [9.17, 15) is 9.59 Å². The Morgan fingerprint density at radius 3 is 2.60 bits per heavy atom. The van der Waals surface area contributed by atoms with Crippen LogP contribution in [-0.2, 0) is 16.0 Å². The first-order chi connectivity index (χ1) is 12.0. The van der Waals surface area contributed by atoms with Crippen molar-refractivity contribution < 1.29 is 9.59 Å². The second kappa shape index (κ2) is 7.28. The molecule has 0 radical (unpaired) electrons.